The van der Waals surface area contributed by atoms with Gasteiger partial charge >= 0.3 is 0 Å². The monoisotopic (exact) mass is 251 g/mol. The quantitative estimate of drug-likeness (QED) is 0.848. The van der Waals surface area contributed by atoms with Gasteiger partial charge in [0.15, 0.2) is 0 Å². The number of benzene rings is 2. The second kappa shape index (κ2) is 7.25. The second-order valence-corrected chi connectivity index (χ2v) is 4.12. The minimum absolute atomic E-state index is 0.374. The zero-order valence-electron chi connectivity index (χ0n) is 10.8. The van der Waals surface area contributed by atoms with Crippen molar-refractivity contribution in [2.75, 3.05) is 13.2 Å². The highest BCUT2D eigenvalue weighted by molar-refractivity contribution is 5.39. The fraction of sp³-hybridized carbons (Fsp3) is 0.176. The Kier molecular flexibility index (Phi) is 5.04. The van der Waals surface area contributed by atoms with Gasteiger partial charge in [0, 0.05) is 12.0 Å². The molecule has 0 radical (unpaired) electrons. The Morgan fingerprint density at radius 3 is 2.63 bits per heavy atom. The largest absolute Gasteiger partial charge is 0.493 e. The molecule has 0 spiro atoms. The molecule has 19 heavy (non-hydrogen) atoms. The Morgan fingerprint density at radius 1 is 1.00 bits per heavy atom. The van der Waals surface area contributed by atoms with E-state index in [0.29, 0.717) is 13.2 Å². The van der Waals surface area contributed by atoms with Gasteiger partial charge in [-0.1, -0.05) is 48.2 Å². The molecular weight excluding hydrogens is 234 g/mol. The van der Waals surface area contributed by atoms with E-state index in [0.717, 1.165) is 17.7 Å². The Balaban J connectivity index is 1.89. The SMILES string of the molecule is NCC#Cc1cccc(OCCc2ccccc2)c1. The fourth-order valence-corrected chi connectivity index (χ4v) is 1.75. The van der Waals surface area contributed by atoms with Gasteiger partial charge < -0.3 is 10.5 Å². The van der Waals surface area contributed by atoms with E-state index in [2.05, 4.69) is 24.0 Å². The second-order valence-electron chi connectivity index (χ2n) is 4.12. The van der Waals surface area contributed by atoms with Gasteiger partial charge in [-0.2, -0.15) is 0 Å². The number of rotatable bonds is 4. The van der Waals surface area contributed by atoms with Crippen LogP contribution in [0, 0.1) is 11.8 Å². The van der Waals surface area contributed by atoms with Gasteiger partial charge in [0.05, 0.1) is 13.2 Å². The Bertz CT molecular complexity index is 567. The lowest BCUT2D eigenvalue weighted by molar-refractivity contribution is 0.322. The van der Waals surface area contributed by atoms with Gasteiger partial charge in [-0.3, -0.25) is 0 Å². The van der Waals surface area contributed by atoms with Gasteiger partial charge in [-0.05, 0) is 23.8 Å². The van der Waals surface area contributed by atoms with Crippen LogP contribution in [0.4, 0.5) is 0 Å². The maximum absolute atomic E-state index is 5.73. The lowest BCUT2D eigenvalue weighted by atomic mass is 10.2. The van der Waals surface area contributed by atoms with Crippen LogP contribution in [-0.4, -0.2) is 13.2 Å². The van der Waals surface area contributed by atoms with Crippen molar-refractivity contribution in [2.45, 2.75) is 6.42 Å². The predicted octanol–water partition coefficient (Wildman–Crippen LogP) is 2.62. The van der Waals surface area contributed by atoms with Crippen LogP contribution in [0.1, 0.15) is 11.1 Å². The smallest absolute Gasteiger partial charge is 0.120 e. The van der Waals surface area contributed by atoms with E-state index in [1.54, 1.807) is 0 Å². The molecule has 0 fully saturated rings. The highest BCUT2D eigenvalue weighted by atomic mass is 16.5. The summed E-state index contributed by atoms with van der Waals surface area (Å²) in [5, 5.41) is 0. The summed E-state index contributed by atoms with van der Waals surface area (Å²) < 4.78 is 5.73. The first kappa shape index (κ1) is 13.2. The van der Waals surface area contributed by atoms with Crippen LogP contribution in [0.15, 0.2) is 54.6 Å². The fourth-order valence-electron chi connectivity index (χ4n) is 1.75. The van der Waals surface area contributed by atoms with Gasteiger partial charge in [-0.15, -0.1) is 0 Å². The molecule has 2 N–H and O–H groups in total. The predicted molar refractivity (Wildman–Crippen MR) is 78.0 cm³/mol. The van der Waals surface area contributed by atoms with E-state index in [4.69, 9.17) is 10.5 Å². The first-order valence-corrected chi connectivity index (χ1v) is 6.34. The molecule has 0 saturated carbocycles. The number of nitrogens with two attached hydrogens (primary N) is 1. The highest BCUT2D eigenvalue weighted by Crippen LogP contribution is 2.13. The molecule has 2 nitrogen and oxygen atoms in total. The number of hydrogen-bond acceptors (Lipinski definition) is 2. The Morgan fingerprint density at radius 2 is 1.84 bits per heavy atom. The van der Waals surface area contributed by atoms with Crippen LogP contribution in [0.25, 0.3) is 0 Å². The maximum atomic E-state index is 5.73. The molecule has 0 aromatic heterocycles. The summed E-state index contributed by atoms with van der Waals surface area (Å²) >= 11 is 0. The molecule has 0 saturated heterocycles. The third-order valence-corrected chi connectivity index (χ3v) is 2.67. The third kappa shape index (κ3) is 4.50. The topological polar surface area (TPSA) is 35.2 Å². The van der Waals surface area contributed by atoms with Crippen LogP contribution in [-0.2, 0) is 6.42 Å². The van der Waals surface area contributed by atoms with Crippen LogP contribution >= 0.6 is 0 Å². The van der Waals surface area contributed by atoms with E-state index >= 15 is 0 Å². The Hall–Kier alpha value is -2.24. The molecule has 0 heterocycles. The van der Waals surface area contributed by atoms with Crippen LogP contribution < -0.4 is 10.5 Å². The standard InChI is InChI=1S/C17H17NO/c18-12-5-9-16-8-4-10-17(14-16)19-13-11-15-6-2-1-3-7-15/h1-4,6-8,10,14H,11-13,18H2. The zero-order valence-corrected chi connectivity index (χ0v) is 10.8. The molecule has 0 aliphatic heterocycles. The minimum atomic E-state index is 0.374. The van der Waals surface area contributed by atoms with Gasteiger partial charge in [0.1, 0.15) is 5.75 Å². The van der Waals surface area contributed by atoms with Crippen molar-refractivity contribution >= 4 is 0 Å². The van der Waals surface area contributed by atoms with E-state index in [1.165, 1.54) is 5.56 Å². The average Bonchev–Trinajstić information content (AvgIpc) is 2.47. The summed E-state index contributed by atoms with van der Waals surface area (Å²) in [7, 11) is 0. The van der Waals surface area contributed by atoms with Crippen molar-refractivity contribution in [2.24, 2.45) is 5.73 Å². The van der Waals surface area contributed by atoms with Gasteiger partial charge in [0.2, 0.25) is 0 Å². The molecule has 2 heteroatoms. The van der Waals surface area contributed by atoms with Crippen LogP contribution in [0.2, 0.25) is 0 Å². The highest BCUT2D eigenvalue weighted by Gasteiger charge is 1.96. The average molecular weight is 251 g/mol. The molecule has 0 aliphatic carbocycles. The van der Waals surface area contributed by atoms with Gasteiger partial charge in [0.25, 0.3) is 0 Å². The van der Waals surface area contributed by atoms with E-state index in [9.17, 15) is 0 Å². The molecule has 2 rings (SSSR count). The number of ether oxygens (including phenoxy) is 1. The first-order chi connectivity index (χ1) is 9.38. The summed E-state index contributed by atoms with van der Waals surface area (Å²) in [6.45, 7) is 1.04. The molecule has 96 valence electrons. The van der Waals surface area contributed by atoms with Crippen molar-refractivity contribution in [1.29, 1.82) is 0 Å². The van der Waals surface area contributed by atoms with Crippen LogP contribution in [0.5, 0.6) is 5.75 Å². The molecule has 0 bridgehead atoms. The zero-order chi connectivity index (χ0) is 13.3. The van der Waals surface area contributed by atoms with Gasteiger partial charge in [-0.25, -0.2) is 0 Å². The Labute approximate surface area is 114 Å². The van der Waals surface area contributed by atoms with Crippen molar-refractivity contribution in [1.82, 2.24) is 0 Å². The summed E-state index contributed by atoms with van der Waals surface area (Å²) in [4.78, 5) is 0. The molecule has 0 amide bonds. The maximum Gasteiger partial charge on any atom is 0.120 e. The minimum Gasteiger partial charge on any atom is -0.493 e. The van der Waals surface area contributed by atoms with Crippen LogP contribution in [0.3, 0.4) is 0 Å². The molecule has 2 aromatic carbocycles. The first-order valence-electron chi connectivity index (χ1n) is 6.34. The molecule has 0 atom stereocenters. The third-order valence-electron chi connectivity index (χ3n) is 2.67. The van der Waals surface area contributed by atoms with Crippen molar-refractivity contribution in [3.63, 3.8) is 0 Å². The lowest BCUT2D eigenvalue weighted by Crippen LogP contribution is -2.01. The molecule has 0 aliphatic rings. The van der Waals surface area contributed by atoms with Crippen molar-refractivity contribution in [3.05, 3.63) is 65.7 Å². The van der Waals surface area contributed by atoms with Crippen molar-refractivity contribution < 1.29 is 4.74 Å². The summed E-state index contributed by atoms with van der Waals surface area (Å²) in [5.74, 6) is 6.68. The van der Waals surface area contributed by atoms with E-state index in [-0.39, 0.29) is 0 Å². The molecule has 0 unspecified atom stereocenters. The normalized spacial score (nSPS) is 9.53. The summed E-state index contributed by atoms with van der Waals surface area (Å²) in [6.07, 6.45) is 0.902. The van der Waals surface area contributed by atoms with Crippen molar-refractivity contribution in [3.8, 4) is 17.6 Å². The van der Waals surface area contributed by atoms with E-state index < -0.39 is 0 Å². The summed E-state index contributed by atoms with van der Waals surface area (Å²) in [5.41, 5.74) is 7.57. The summed E-state index contributed by atoms with van der Waals surface area (Å²) in [6, 6.07) is 18.1. The number of hydrogen-bond donors (Lipinski definition) is 1. The molecular formula is C17H17NO. The van der Waals surface area contributed by atoms with E-state index in [1.807, 2.05) is 42.5 Å². The lowest BCUT2D eigenvalue weighted by Gasteiger charge is -2.06. The molecule has 2 aromatic rings.